The Morgan fingerprint density at radius 1 is 1.28 bits per heavy atom. The lowest BCUT2D eigenvalue weighted by molar-refractivity contribution is 0.958. The van der Waals surface area contributed by atoms with Gasteiger partial charge in [0.1, 0.15) is 5.82 Å². The van der Waals surface area contributed by atoms with E-state index in [4.69, 9.17) is 0 Å². The number of aromatic nitrogens is 2. The van der Waals surface area contributed by atoms with Crippen molar-refractivity contribution < 1.29 is 0 Å². The van der Waals surface area contributed by atoms with Crippen LogP contribution in [-0.2, 0) is 0 Å². The first-order valence-corrected chi connectivity index (χ1v) is 7.68. The predicted molar refractivity (Wildman–Crippen MR) is 81.3 cm³/mol. The van der Waals surface area contributed by atoms with Gasteiger partial charge in [0.05, 0.1) is 10.2 Å². The monoisotopic (exact) mass is 325 g/mol. The maximum atomic E-state index is 4.61. The molecule has 2 rings (SSSR count). The fourth-order valence-electron chi connectivity index (χ4n) is 1.63. The van der Waals surface area contributed by atoms with Gasteiger partial charge in [-0.3, -0.25) is 0 Å². The maximum Gasteiger partial charge on any atom is 0.162 e. The molecule has 0 bridgehead atoms. The highest BCUT2D eigenvalue weighted by Crippen LogP contribution is 2.29. The molecular formula is C13H16BrN3S. The number of hydrogen-bond donors (Lipinski definition) is 1. The molecule has 0 saturated heterocycles. The molecular weight excluding hydrogens is 310 g/mol. The van der Waals surface area contributed by atoms with Crippen molar-refractivity contribution in [1.29, 1.82) is 0 Å². The molecule has 0 aliphatic rings. The summed E-state index contributed by atoms with van der Waals surface area (Å²) in [6.07, 6.45) is 1.07. The SMILES string of the molecule is CCCNc1nc(-c2cscc2C)nc(C)c1Br. The largest absolute Gasteiger partial charge is 0.369 e. The van der Waals surface area contributed by atoms with E-state index in [-0.39, 0.29) is 0 Å². The summed E-state index contributed by atoms with van der Waals surface area (Å²) in [6.45, 7) is 7.13. The Morgan fingerprint density at radius 3 is 2.67 bits per heavy atom. The van der Waals surface area contributed by atoms with E-state index in [1.165, 1.54) is 5.56 Å². The van der Waals surface area contributed by atoms with Gasteiger partial charge in [-0.15, -0.1) is 0 Å². The lowest BCUT2D eigenvalue weighted by Gasteiger charge is -2.10. The molecule has 0 radical (unpaired) electrons. The highest BCUT2D eigenvalue weighted by atomic mass is 79.9. The van der Waals surface area contributed by atoms with Gasteiger partial charge in [0.25, 0.3) is 0 Å². The van der Waals surface area contributed by atoms with Gasteiger partial charge in [-0.2, -0.15) is 11.3 Å². The van der Waals surface area contributed by atoms with Crippen LogP contribution in [0.2, 0.25) is 0 Å². The molecule has 0 amide bonds. The first kappa shape index (κ1) is 13.5. The van der Waals surface area contributed by atoms with Gasteiger partial charge in [-0.25, -0.2) is 9.97 Å². The van der Waals surface area contributed by atoms with E-state index in [2.05, 4.69) is 55.8 Å². The zero-order valence-corrected chi connectivity index (χ0v) is 13.2. The van der Waals surface area contributed by atoms with E-state index in [1.54, 1.807) is 11.3 Å². The molecule has 3 nitrogen and oxygen atoms in total. The fourth-order valence-corrected chi connectivity index (χ4v) is 2.77. The van der Waals surface area contributed by atoms with Gasteiger partial charge in [-0.1, -0.05) is 6.92 Å². The number of hydrogen-bond acceptors (Lipinski definition) is 4. The van der Waals surface area contributed by atoms with E-state index in [1.807, 2.05) is 6.92 Å². The quantitative estimate of drug-likeness (QED) is 0.904. The Labute approximate surface area is 120 Å². The molecule has 0 atom stereocenters. The van der Waals surface area contributed by atoms with Crippen LogP contribution in [0.3, 0.4) is 0 Å². The molecule has 0 spiro atoms. The molecule has 0 aliphatic heterocycles. The number of rotatable bonds is 4. The van der Waals surface area contributed by atoms with Gasteiger partial charge in [-0.05, 0) is 47.1 Å². The zero-order chi connectivity index (χ0) is 13.1. The lowest BCUT2D eigenvalue weighted by Crippen LogP contribution is -2.06. The minimum atomic E-state index is 0.799. The van der Waals surface area contributed by atoms with Gasteiger partial charge in [0.2, 0.25) is 0 Å². The van der Waals surface area contributed by atoms with Crippen LogP contribution < -0.4 is 5.32 Å². The molecule has 18 heavy (non-hydrogen) atoms. The molecule has 1 N–H and O–H groups in total. The summed E-state index contributed by atoms with van der Waals surface area (Å²) >= 11 is 5.22. The van der Waals surface area contributed by atoms with Crippen LogP contribution in [0.15, 0.2) is 15.2 Å². The van der Waals surface area contributed by atoms with Gasteiger partial charge in [0.15, 0.2) is 5.82 Å². The van der Waals surface area contributed by atoms with Crippen LogP contribution in [0.4, 0.5) is 5.82 Å². The lowest BCUT2D eigenvalue weighted by atomic mass is 10.2. The highest BCUT2D eigenvalue weighted by molar-refractivity contribution is 9.10. The first-order chi connectivity index (χ1) is 8.63. The van der Waals surface area contributed by atoms with Crippen molar-refractivity contribution in [3.8, 4) is 11.4 Å². The van der Waals surface area contributed by atoms with E-state index in [0.717, 1.165) is 40.3 Å². The second-order valence-electron chi connectivity index (χ2n) is 4.19. The number of halogens is 1. The van der Waals surface area contributed by atoms with Crippen LogP contribution in [-0.4, -0.2) is 16.5 Å². The predicted octanol–water partition coefficient (Wildman–Crippen LogP) is 4.41. The minimum Gasteiger partial charge on any atom is -0.369 e. The second kappa shape index (κ2) is 5.80. The molecule has 0 fully saturated rings. The Hall–Kier alpha value is -0.940. The van der Waals surface area contributed by atoms with Gasteiger partial charge >= 0.3 is 0 Å². The Balaban J connectivity index is 2.44. The van der Waals surface area contributed by atoms with Gasteiger partial charge < -0.3 is 5.32 Å². The summed E-state index contributed by atoms with van der Waals surface area (Å²) in [4.78, 5) is 9.16. The number of nitrogens with one attached hydrogen (secondary N) is 1. The molecule has 0 aliphatic carbocycles. The van der Waals surface area contributed by atoms with Crippen LogP contribution in [0.5, 0.6) is 0 Å². The molecule has 0 unspecified atom stereocenters. The average molecular weight is 326 g/mol. The molecule has 0 saturated carbocycles. The molecule has 2 heterocycles. The molecule has 2 aromatic heterocycles. The number of aryl methyl sites for hydroxylation is 2. The van der Waals surface area contributed by atoms with Crippen molar-refractivity contribution in [2.45, 2.75) is 27.2 Å². The van der Waals surface area contributed by atoms with E-state index in [0.29, 0.717) is 0 Å². The summed E-state index contributed by atoms with van der Waals surface area (Å²) in [5.41, 5.74) is 3.31. The summed E-state index contributed by atoms with van der Waals surface area (Å²) < 4.78 is 0.951. The van der Waals surface area contributed by atoms with Crippen LogP contribution in [0.1, 0.15) is 24.6 Å². The Bertz CT molecular complexity index is 551. The third kappa shape index (κ3) is 2.72. The molecule has 0 aromatic carbocycles. The minimum absolute atomic E-state index is 0.799. The molecule has 5 heteroatoms. The van der Waals surface area contributed by atoms with Crippen molar-refractivity contribution in [3.63, 3.8) is 0 Å². The van der Waals surface area contributed by atoms with E-state index >= 15 is 0 Å². The summed E-state index contributed by atoms with van der Waals surface area (Å²) in [6, 6.07) is 0. The summed E-state index contributed by atoms with van der Waals surface area (Å²) in [5.74, 6) is 1.68. The van der Waals surface area contributed by atoms with Crippen molar-refractivity contribution in [2.24, 2.45) is 0 Å². The zero-order valence-electron chi connectivity index (χ0n) is 10.7. The van der Waals surface area contributed by atoms with Crippen molar-refractivity contribution in [2.75, 3.05) is 11.9 Å². The Morgan fingerprint density at radius 2 is 2.06 bits per heavy atom. The van der Waals surface area contributed by atoms with Crippen molar-refractivity contribution in [1.82, 2.24) is 9.97 Å². The van der Waals surface area contributed by atoms with Gasteiger partial charge in [0, 0.05) is 17.5 Å². The fraction of sp³-hybridized carbons (Fsp3) is 0.385. The van der Waals surface area contributed by atoms with Crippen LogP contribution >= 0.6 is 27.3 Å². The normalized spacial score (nSPS) is 10.7. The molecule has 2 aromatic rings. The Kier molecular flexibility index (Phi) is 4.35. The standard InChI is InChI=1S/C13H16BrN3S/c1-4-5-15-13-11(14)9(3)16-12(17-13)10-7-18-6-8(10)2/h6-7H,4-5H2,1-3H3,(H,15,16,17). The number of nitrogens with zero attached hydrogens (tertiary/aromatic N) is 2. The first-order valence-electron chi connectivity index (χ1n) is 5.94. The number of anilines is 1. The van der Waals surface area contributed by atoms with Crippen LogP contribution in [0, 0.1) is 13.8 Å². The van der Waals surface area contributed by atoms with Crippen molar-refractivity contribution >= 4 is 33.1 Å². The van der Waals surface area contributed by atoms with Crippen molar-refractivity contribution in [3.05, 3.63) is 26.5 Å². The topological polar surface area (TPSA) is 37.8 Å². The molecule has 96 valence electrons. The van der Waals surface area contributed by atoms with E-state index < -0.39 is 0 Å². The number of thiophene rings is 1. The van der Waals surface area contributed by atoms with Crippen LogP contribution in [0.25, 0.3) is 11.4 Å². The average Bonchev–Trinajstić information content (AvgIpc) is 2.77. The maximum absolute atomic E-state index is 4.61. The second-order valence-corrected chi connectivity index (χ2v) is 5.73. The highest BCUT2D eigenvalue weighted by Gasteiger charge is 2.12. The summed E-state index contributed by atoms with van der Waals surface area (Å²) in [5, 5.41) is 7.55. The third-order valence-corrected chi connectivity index (χ3v) is 4.47. The third-order valence-electron chi connectivity index (χ3n) is 2.66. The smallest absolute Gasteiger partial charge is 0.162 e. The van der Waals surface area contributed by atoms with E-state index in [9.17, 15) is 0 Å². The summed E-state index contributed by atoms with van der Waals surface area (Å²) in [7, 11) is 0.